The highest BCUT2D eigenvalue weighted by atomic mass is 31.2. The summed E-state index contributed by atoms with van der Waals surface area (Å²) >= 11 is 0. The van der Waals surface area contributed by atoms with Gasteiger partial charge in [0.15, 0.2) is 6.10 Å². The van der Waals surface area contributed by atoms with Crippen molar-refractivity contribution in [3.63, 3.8) is 0 Å². The number of likely N-dealkylation sites (N-methyl/N-ethyl adjacent to an activating group) is 1. The largest absolute Gasteiger partial charge is 0.472 e. The minimum Gasteiger partial charge on any atom is -0.462 e. The van der Waals surface area contributed by atoms with Crippen molar-refractivity contribution < 1.29 is 42.1 Å². The van der Waals surface area contributed by atoms with E-state index in [1.54, 1.807) is 0 Å². The molecule has 0 radical (unpaired) electrons. The predicted octanol–water partition coefficient (Wildman–Crippen LogP) is 12.4. The van der Waals surface area contributed by atoms with Gasteiger partial charge in [-0.15, -0.1) is 0 Å². The van der Waals surface area contributed by atoms with Crippen molar-refractivity contribution in [2.24, 2.45) is 0 Å². The van der Waals surface area contributed by atoms with Crippen LogP contribution in [0.1, 0.15) is 194 Å². The van der Waals surface area contributed by atoms with Gasteiger partial charge in [0.1, 0.15) is 19.8 Å². The average molecular weight is 787 g/mol. The molecule has 1 N–H and O–H groups in total. The van der Waals surface area contributed by atoms with Gasteiger partial charge >= 0.3 is 19.8 Å². The Balaban J connectivity index is 4.37. The van der Waals surface area contributed by atoms with Gasteiger partial charge in [-0.3, -0.25) is 18.6 Å². The molecule has 0 fully saturated rings. The first-order chi connectivity index (χ1) is 26.0. The van der Waals surface area contributed by atoms with Crippen molar-refractivity contribution in [3.8, 4) is 0 Å². The molecule has 2 atom stereocenters. The molecule has 0 amide bonds. The first-order valence-electron chi connectivity index (χ1n) is 22.1. The second-order valence-corrected chi connectivity index (χ2v) is 17.5. The summed E-state index contributed by atoms with van der Waals surface area (Å²) in [4.78, 5) is 35.3. The number of hydrogen-bond acceptors (Lipinski definition) is 7. The minimum absolute atomic E-state index is 0.0306. The van der Waals surface area contributed by atoms with Gasteiger partial charge < -0.3 is 18.9 Å². The first kappa shape index (κ1) is 52.5. The van der Waals surface area contributed by atoms with Crippen LogP contribution < -0.4 is 0 Å². The fourth-order valence-electron chi connectivity index (χ4n) is 5.99. The van der Waals surface area contributed by atoms with Crippen LogP contribution in [0.3, 0.4) is 0 Å². The van der Waals surface area contributed by atoms with Gasteiger partial charge in [0, 0.05) is 12.8 Å². The smallest absolute Gasteiger partial charge is 0.462 e. The van der Waals surface area contributed by atoms with Crippen LogP contribution in [0.25, 0.3) is 0 Å². The SMILES string of the molecule is CCCCCC=CCC=CCCCCCCCC(=O)O[C@H](COC(=O)CCCCCCCCCCCCCCCCC)COP(=O)(O)OCC[N+](C)(C)C. The van der Waals surface area contributed by atoms with E-state index in [0.717, 1.165) is 57.8 Å². The quantitative estimate of drug-likeness (QED) is 0.0215. The molecule has 0 aliphatic rings. The van der Waals surface area contributed by atoms with Gasteiger partial charge in [-0.25, -0.2) is 4.57 Å². The zero-order valence-corrected chi connectivity index (χ0v) is 36.6. The van der Waals surface area contributed by atoms with E-state index >= 15 is 0 Å². The number of carbonyl (C=O) groups is 2. The van der Waals surface area contributed by atoms with Crippen LogP contribution >= 0.6 is 7.82 Å². The Kier molecular flexibility index (Phi) is 36.1. The molecule has 0 saturated heterocycles. The number of hydrogen-bond donors (Lipinski definition) is 1. The summed E-state index contributed by atoms with van der Waals surface area (Å²) in [5, 5.41) is 0. The van der Waals surface area contributed by atoms with Gasteiger partial charge in [0.05, 0.1) is 27.7 Å². The summed E-state index contributed by atoms with van der Waals surface area (Å²) in [7, 11) is 1.47. The highest BCUT2D eigenvalue weighted by Crippen LogP contribution is 2.43. The van der Waals surface area contributed by atoms with E-state index < -0.39 is 26.5 Å². The summed E-state index contributed by atoms with van der Waals surface area (Å²) in [6.07, 6.45) is 39.3. The van der Waals surface area contributed by atoms with Crippen molar-refractivity contribution in [3.05, 3.63) is 24.3 Å². The van der Waals surface area contributed by atoms with Crippen molar-refractivity contribution >= 4 is 19.8 Å². The molecule has 0 aromatic heterocycles. The van der Waals surface area contributed by atoms with Crippen molar-refractivity contribution in [1.82, 2.24) is 0 Å². The number of nitrogens with zero attached hydrogens (tertiary/aromatic N) is 1. The average Bonchev–Trinajstić information content (AvgIpc) is 3.12. The van der Waals surface area contributed by atoms with E-state index in [1.165, 1.54) is 103 Å². The number of carbonyl (C=O) groups excluding carboxylic acids is 2. The second-order valence-electron chi connectivity index (χ2n) is 16.1. The van der Waals surface area contributed by atoms with Crippen LogP contribution in [0, 0.1) is 0 Å². The lowest BCUT2D eigenvalue weighted by atomic mass is 10.0. The summed E-state index contributed by atoms with van der Waals surface area (Å²) in [6, 6.07) is 0. The lowest BCUT2D eigenvalue weighted by Crippen LogP contribution is -2.37. The maximum atomic E-state index is 12.7. The Hall–Kier alpha value is -1.51. The maximum absolute atomic E-state index is 12.7. The van der Waals surface area contributed by atoms with Gasteiger partial charge in [-0.2, -0.15) is 0 Å². The number of esters is 2. The van der Waals surface area contributed by atoms with Crippen LogP contribution in [-0.2, 0) is 32.7 Å². The number of phosphoric acid groups is 1. The minimum atomic E-state index is -4.37. The number of ether oxygens (including phenoxy) is 2. The first-order valence-corrected chi connectivity index (χ1v) is 23.6. The molecule has 54 heavy (non-hydrogen) atoms. The Morgan fingerprint density at radius 1 is 0.574 bits per heavy atom. The molecule has 318 valence electrons. The monoisotopic (exact) mass is 787 g/mol. The topological polar surface area (TPSA) is 108 Å². The third kappa shape index (κ3) is 40.2. The fourth-order valence-corrected chi connectivity index (χ4v) is 6.73. The van der Waals surface area contributed by atoms with Gasteiger partial charge in [0.2, 0.25) is 0 Å². The standard InChI is InChI=1S/C44H84NO8P/c1-6-8-10-12-14-16-18-20-22-24-26-28-30-32-34-36-43(46)50-40-42(41-52-54(48,49)51-39-38-45(3,4)5)53-44(47)37-35-33-31-29-27-25-23-21-19-17-15-13-11-9-7-2/h15,17,21,23,42H,6-14,16,18-20,22,24-41H2,1-5H3/p+1/t42-/m1/s1. The van der Waals surface area contributed by atoms with E-state index in [1.807, 2.05) is 21.1 Å². The van der Waals surface area contributed by atoms with Gasteiger partial charge in [-0.1, -0.05) is 160 Å². The van der Waals surface area contributed by atoms with Crippen LogP contribution in [0.15, 0.2) is 24.3 Å². The lowest BCUT2D eigenvalue weighted by molar-refractivity contribution is -0.870. The van der Waals surface area contributed by atoms with Gasteiger partial charge in [-0.05, 0) is 44.9 Å². The molecule has 9 nitrogen and oxygen atoms in total. The third-order valence-electron chi connectivity index (χ3n) is 9.48. The summed E-state index contributed by atoms with van der Waals surface area (Å²) < 4.78 is 34.3. The molecule has 0 spiro atoms. The molecule has 0 aromatic rings. The highest BCUT2D eigenvalue weighted by Gasteiger charge is 2.27. The predicted molar refractivity (Wildman–Crippen MR) is 224 cm³/mol. The molecule has 0 aliphatic carbocycles. The zero-order chi connectivity index (χ0) is 40.0. The van der Waals surface area contributed by atoms with E-state index in [2.05, 4.69) is 38.2 Å². The third-order valence-corrected chi connectivity index (χ3v) is 10.5. The van der Waals surface area contributed by atoms with Gasteiger partial charge in [0.25, 0.3) is 0 Å². The molecule has 0 saturated carbocycles. The number of quaternary nitrogens is 1. The summed E-state index contributed by atoms with van der Waals surface area (Å²) in [5.74, 6) is -0.808. The molecule has 0 aliphatic heterocycles. The molecular formula is C44H85NO8P+. The molecule has 0 aromatic carbocycles. The van der Waals surface area contributed by atoms with E-state index in [9.17, 15) is 19.0 Å². The van der Waals surface area contributed by atoms with Crippen molar-refractivity contribution in [2.45, 2.75) is 200 Å². The summed E-state index contributed by atoms with van der Waals surface area (Å²) in [5.41, 5.74) is 0. The zero-order valence-electron chi connectivity index (χ0n) is 35.7. The fraction of sp³-hybridized carbons (Fsp3) is 0.864. The maximum Gasteiger partial charge on any atom is 0.472 e. The van der Waals surface area contributed by atoms with Crippen LogP contribution in [0.4, 0.5) is 0 Å². The van der Waals surface area contributed by atoms with Crippen molar-refractivity contribution in [1.29, 1.82) is 0 Å². The van der Waals surface area contributed by atoms with E-state index in [0.29, 0.717) is 23.9 Å². The molecule has 1 unspecified atom stereocenters. The number of allylic oxidation sites excluding steroid dienone is 4. The Bertz CT molecular complexity index is 980. The lowest BCUT2D eigenvalue weighted by Gasteiger charge is -2.24. The Morgan fingerprint density at radius 3 is 1.50 bits per heavy atom. The van der Waals surface area contributed by atoms with E-state index in [-0.39, 0.29) is 25.6 Å². The normalized spacial score (nSPS) is 13.8. The number of phosphoric ester groups is 1. The molecule has 0 bridgehead atoms. The number of unbranched alkanes of at least 4 members (excludes halogenated alkanes) is 22. The summed E-state index contributed by atoms with van der Waals surface area (Å²) in [6.45, 7) is 4.39. The Morgan fingerprint density at radius 2 is 1.00 bits per heavy atom. The number of rotatable bonds is 40. The molecule has 0 heterocycles. The molecule has 0 rings (SSSR count). The van der Waals surface area contributed by atoms with Crippen LogP contribution in [0.2, 0.25) is 0 Å². The van der Waals surface area contributed by atoms with Crippen LogP contribution in [0.5, 0.6) is 0 Å². The molecule has 10 heteroatoms. The van der Waals surface area contributed by atoms with Crippen molar-refractivity contribution in [2.75, 3.05) is 47.5 Å². The van der Waals surface area contributed by atoms with E-state index in [4.69, 9.17) is 18.5 Å². The second kappa shape index (κ2) is 37.1. The molecular weight excluding hydrogens is 701 g/mol. The van der Waals surface area contributed by atoms with Crippen LogP contribution in [-0.4, -0.2) is 74.9 Å². The highest BCUT2D eigenvalue weighted by molar-refractivity contribution is 7.47. The Labute approximate surface area is 332 Å².